The van der Waals surface area contributed by atoms with Crippen LogP contribution in [0.25, 0.3) is 0 Å². The molecule has 2 aromatic rings. The lowest BCUT2D eigenvalue weighted by molar-refractivity contribution is 0.318. The monoisotopic (exact) mass is 295 g/mol. The number of nitrogens with zero attached hydrogens (tertiary/aromatic N) is 5. The van der Waals surface area contributed by atoms with Crippen molar-refractivity contribution in [3.8, 4) is 0 Å². The minimum atomic E-state index is -0.292. The van der Waals surface area contributed by atoms with E-state index in [4.69, 9.17) is 10.9 Å². The molecule has 20 heavy (non-hydrogen) atoms. The zero-order valence-corrected chi connectivity index (χ0v) is 11.7. The van der Waals surface area contributed by atoms with E-state index in [1.807, 2.05) is 6.92 Å². The van der Waals surface area contributed by atoms with Crippen molar-refractivity contribution in [2.45, 2.75) is 30.7 Å². The second-order valence-electron chi connectivity index (χ2n) is 3.82. The first-order valence-electron chi connectivity index (χ1n) is 5.71. The molecule has 2 rings (SSSR count). The van der Waals surface area contributed by atoms with E-state index in [2.05, 4.69) is 25.3 Å². The lowest BCUT2D eigenvalue weighted by atomic mass is 10.3. The lowest BCUT2D eigenvalue weighted by Crippen LogP contribution is -2.17. The maximum absolute atomic E-state index is 11.5. The third-order valence-corrected chi connectivity index (χ3v) is 3.29. The van der Waals surface area contributed by atoms with Crippen LogP contribution in [0.4, 0.5) is 0 Å². The number of nitrogens with one attached hydrogen (secondary N) is 1. The van der Waals surface area contributed by atoms with Crippen LogP contribution in [0.2, 0.25) is 0 Å². The van der Waals surface area contributed by atoms with Gasteiger partial charge in [0.15, 0.2) is 16.1 Å². The highest BCUT2D eigenvalue weighted by Crippen LogP contribution is 2.21. The Kier molecular flexibility index (Phi) is 4.03. The Morgan fingerprint density at radius 1 is 1.60 bits per heavy atom. The van der Waals surface area contributed by atoms with Gasteiger partial charge in [-0.2, -0.15) is 0 Å². The fourth-order valence-electron chi connectivity index (χ4n) is 1.51. The molecule has 0 aliphatic rings. The van der Waals surface area contributed by atoms with Gasteiger partial charge in [0.05, 0.1) is 0 Å². The van der Waals surface area contributed by atoms with Crippen molar-refractivity contribution >= 4 is 17.6 Å². The molecular weight excluding hydrogens is 282 g/mol. The van der Waals surface area contributed by atoms with E-state index in [0.717, 1.165) is 11.8 Å². The summed E-state index contributed by atoms with van der Waals surface area (Å²) in [6, 6.07) is 1.59. The lowest BCUT2D eigenvalue weighted by Gasteiger charge is -2.04. The third-order valence-electron chi connectivity index (χ3n) is 2.43. The van der Waals surface area contributed by atoms with Crippen molar-refractivity contribution in [1.82, 2.24) is 24.7 Å². The fourth-order valence-corrected chi connectivity index (χ4v) is 2.42. The van der Waals surface area contributed by atoms with Gasteiger partial charge in [0.2, 0.25) is 0 Å². The van der Waals surface area contributed by atoms with Crippen LogP contribution in [-0.2, 0) is 6.54 Å². The number of aromatic amines is 1. The minimum absolute atomic E-state index is 0.104. The summed E-state index contributed by atoms with van der Waals surface area (Å²) in [6.07, 6.45) is 0. The van der Waals surface area contributed by atoms with Crippen molar-refractivity contribution in [1.29, 1.82) is 0 Å². The molecular formula is C10H13N7O2S. The standard InChI is InChI=1S/C10H13N7O2S/c1-3-17-9(18)14-15-10(17)20-8-12-5(2)4-6(13-8)7(11)16-19/h4,19H,3H2,1-2H3,(H2,11,16)(H,14,18). The van der Waals surface area contributed by atoms with Crippen LogP contribution in [0.1, 0.15) is 18.3 Å². The van der Waals surface area contributed by atoms with Gasteiger partial charge in [0.25, 0.3) is 0 Å². The average molecular weight is 295 g/mol. The molecule has 0 aliphatic heterocycles. The summed E-state index contributed by atoms with van der Waals surface area (Å²) < 4.78 is 1.46. The Labute approximate surface area is 117 Å². The van der Waals surface area contributed by atoms with Gasteiger partial charge in [-0.3, -0.25) is 4.57 Å². The number of aryl methyl sites for hydroxylation is 1. The van der Waals surface area contributed by atoms with E-state index in [9.17, 15) is 4.79 Å². The van der Waals surface area contributed by atoms with E-state index >= 15 is 0 Å². The first kappa shape index (κ1) is 14.1. The quantitative estimate of drug-likeness (QED) is 0.236. The van der Waals surface area contributed by atoms with Crippen molar-refractivity contribution in [2.75, 3.05) is 0 Å². The van der Waals surface area contributed by atoms with Crippen LogP contribution in [0.15, 0.2) is 26.3 Å². The number of amidine groups is 1. The second kappa shape index (κ2) is 5.74. The van der Waals surface area contributed by atoms with Gasteiger partial charge in [-0.1, -0.05) is 5.16 Å². The summed E-state index contributed by atoms with van der Waals surface area (Å²) in [7, 11) is 0. The van der Waals surface area contributed by atoms with E-state index in [1.165, 1.54) is 4.57 Å². The number of oxime groups is 1. The molecule has 0 spiro atoms. The molecule has 2 aromatic heterocycles. The molecule has 9 nitrogen and oxygen atoms in total. The largest absolute Gasteiger partial charge is 0.409 e. The number of rotatable bonds is 4. The zero-order chi connectivity index (χ0) is 14.7. The maximum Gasteiger partial charge on any atom is 0.343 e. The highest BCUT2D eigenvalue weighted by atomic mass is 32.2. The Hall–Kier alpha value is -2.36. The molecule has 0 amide bonds. The van der Waals surface area contributed by atoms with Crippen LogP contribution in [0.5, 0.6) is 0 Å². The van der Waals surface area contributed by atoms with Crippen molar-refractivity contribution in [3.63, 3.8) is 0 Å². The SMILES string of the molecule is CCn1c(Sc2nc(C)cc(/C(N)=N/O)n2)n[nH]c1=O. The minimum Gasteiger partial charge on any atom is -0.409 e. The molecule has 0 atom stereocenters. The van der Waals surface area contributed by atoms with Gasteiger partial charge in [-0.05, 0) is 31.7 Å². The van der Waals surface area contributed by atoms with Crippen molar-refractivity contribution in [3.05, 3.63) is 27.9 Å². The van der Waals surface area contributed by atoms with Gasteiger partial charge in [-0.15, -0.1) is 5.10 Å². The average Bonchev–Trinajstić information content (AvgIpc) is 2.77. The highest BCUT2D eigenvalue weighted by Gasteiger charge is 2.12. The number of aromatic nitrogens is 5. The molecule has 10 heteroatoms. The van der Waals surface area contributed by atoms with Gasteiger partial charge in [0.1, 0.15) is 5.69 Å². The van der Waals surface area contributed by atoms with Crippen molar-refractivity contribution < 1.29 is 5.21 Å². The molecule has 0 aliphatic carbocycles. The van der Waals surface area contributed by atoms with Gasteiger partial charge in [0, 0.05) is 12.2 Å². The summed E-state index contributed by atoms with van der Waals surface area (Å²) in [5.41, 5.74) is 6.18. The van der Waals surface area contributed by atoms with Gasteiger partial charge in [-0.25, -0.2) is 19.9 Å². The molecule has 0 unspecified atom stereocenters. The number of hydrogen-bond acceptors (Lipinski definition) is 7. The smallest absolute Gasteiger partial charge is 0.343 e. The molecule has 0 radical (unpaired) electrons. The molecule has 4 N–H and O–H groups in total. The molecule has 2 heterocycles. The topological polar surface area (TPSA) is 135 Å². The summed E-state index contributed by atoms with van der Waals surface area (Å²) in [4.78, 5) is 19.8. The molecule has 0 saturated carbocycles. The number of nitrogens with two attached hydrogens (primary N) is 1. The molecule has 0 aromatic carbocycles. The van der Waals surface area contributed by atoms with Gasteiger partial charge >= 0.3 is 5.69 Å². The maximum atomic E-state index is 11.5. The van der Waals surface area contributed by atoms with Crippen LogP contribution in [-0.4, -0.2) is 35.8 Å². The fraction of sp³-hybridized carbons (Fsp3) is 0.300. The van der Waals surface area contributed by atoms with Crippen LogP contribution in [0, 0.1) is 6.92 Å². The first-order valence-corrected chi connectivity index (χ1v) is 6.53. The summed E-state index contributed by atoms with van der Waals surface area (Å²) in [5, 5.41) is 18.7. The van der Waals surface area contributed by atoms with E-state index in [0.29, 0.717) is 28.2 Å². The molecule has 0 saturated heterocycles. The molecule has 0 bridgehead atoms. The van der Waals surface area contributed by atoms with Gasteiger partial charge < -0.3 is 10.9 Å². The Balaban J connectivity index is 2.38. The Morgan fingerprint density at radius 2 is 2.35 bits per heavy atom. The summed E-state index contributed by atoms with van der Waals surface area (Å²) >= 11 is 1.12. The van der Waals surface area contributed by atoms with E-state index < -0.39 is 0 Å². The molecule has 106 valence electrons. The summed E-state index contributed by atoms with van der Waals surface area (Å²) in [6.45, 7) is 4.08. The second-order valence-corrected chi connectivity index (χ2v) is 4.75. The predicted octanol–water partition coefficient (Wildman–Crippen LogP) is -0.0646. The van der Waals surface area contributed by atoms with E-state index in [-0.39, 0.29) is 11.5 Å². The predicted molar refractivity (Wildman–Crippen MR) is 71.9 cm³/mol. The van der Waals surface area contributed by atoms with Crippen LogP contribution >= 0.6 is 11.8 Å². The normalized spacial score (nSPS) is 11.8. The first-order chi connectivity index (χ1) is 9.55. The van der Waals surface area contributed by atoms with Crippen LogP contribution in [0.3, 0.4) is 0 Å². The Morgan fingerprint density at radius 3 is 3.00 bits per heavy atom. The number of H-pyrrole nitrogens is 1. The Bertz CT molecular complexity index is 706. The number of hydrogen-bond donors (Lipinski definition) is 3. The highest BCUT2D eigenvalue weighted by molar-refractivity contribution is 7.99. The third kappa shape index (κ3) is 2.79. The van der Waals surface area contributed by atoms with Crippen LogP contribution < -0.4 is 11.4 Å². The zero-order valence-electron chi connectivity index (χ0n) is 10.9. The summed E-state index contributed by atoms with van der Waals surface area (Å²) in [5.74, 6) is -0.104. The van der Waals surface area contributed by atoms with Crippen molar-refractivity contribution in [2.24, 2.45) is 10.9 Å². The van der Waals surface area contributed by atoms with E-state index in [1.54, 1.807) is 13.0 Å². The molecule has 0 fully saturated rings.